The number of rotatable bonds is 8. The van der Waals surface area contributed by atoms with Crippen LogP contribution in [0.3, 0.4) is 0 Å². The summed E-state index contributed by atoms with van der Waals surface area (Å²) < 4.78 is 4.76. The maximum Gasteiger partial charge on any atom is 0.238 e. The van der Waals surface area contributed by atoms with E-state index in [1.54, 1.807) is 0 Å². The Morgan fingerprint density at radius 2 is 0.721 bits per heavy atom. The molecule has 0 aliphatic carbocycles. The molecular weight excluding hydrogens is 827 g/mol. The van der Waals surface area contributed by atoms with Crippen molar-refractivity contribution < 1.29 is 0 Å². The van der Waals surface area contributed by atoms with E-state index in [0.29, 0.717) is 17.6 Å². The van der Waals surface area contributed by atoms with Gasteiger partial charge in [0.1, 0.15) is 0 Å². The van der Waals surface area contributed by atoms with Gasteiger partial charge in [-0.05, 0) is 57.6 Å². The Bertz CT molecular complexity index is 3990. The van der Waals surface area contributed by atoms with E-state index in [2.05, 4.69) is 234 Å². The highest BCUT2D eigenvalue weighted by molar-refractivity contribution is 6.26. The molecule has 0 fully saturated rings. The smallest absolute Gasteiger partial charge is 0.238 e. The Labute approximate surface area is 393 Å². The summed E-state index contributed by atoms with van der Waals surface area (Å²) in [7, 11) is 0. The highest BCUT2D eigenvalue weighted by Crippen LogP contribution is 2.46. The van der Waals surface area contributed by atoms with Gasteiger partial charge in [-0.3, -0.25) is 4.57 Å². The monoisotopic (exact) mass is 867 g/mol. The van der Waals surface area contributed by atoms with Crippen LogP contribution < -0.4 is 0 Å². The molecule has 5 nitrogen and oxygen atoms in total. The van der Waals surface area contributed by atoms with Gasteiger partial charge in [0.25, 0.3) is 0 Å². The minimum atomic E-state index is 0.553. The van der Waals surface area contributed by atoms with E-state index < -0.39 is 0 Å². The van der Waals surface area contributed by atoms with Gasteiger partial charge < -0.3 is 4.57 Å². The molecule has 318 valence electrons. The first-order chi connectivity index (χ1) is 33.7. The van der Waals surface area contributed by atoms with E-state index in [4.69, 9.17) is 15.0 Å². The topological polar surface area (TPSA) is 48.5 Å². The molecule has 13 aromatic rings. The highest BCUT2D eigenvalue weighted by atomic mass is 15.2. The van der Waals surface area contributed by atoms with Crippen LogP contribution >= 0.6 is 0 Å². The van der Waals surface area contributed by atoms with Crippen LogP contribution in [0.15, 0.2) is 249 Å². The van der Waals surface area contributed by atoms with E-state index >= 15 is 0 Å². The summed E-state index contributed by atoms with van der Waals surface area (Å²) in [5.74, 6) is 1.77. The lowest BCUT2D eigenvalue weighted by molar-refractivity contribution is 0.953. The van der Waals surface area contributed by atoms with Gasteiger partial charge in [-0.15, -0.1) is 0 Å². The molecular formula is C63H41N5. The lowest BCUT2D eigenvalue weighted by Crippen LogP contribution is -2.06. The van der Waals surface area contributed by atoms with Gasteiger partial charge in [0.05, 0.1) is 27.8 Å². The number of para-hydroxylation sites is 3. The number of benzene rings is 10. The zero-order valence-corrected chi connectivity index (χ0v) is 36.9. The van der Waals surface area contributed by atoms with E-state index in [0.717, 1.165) is 83.0 Å². The van der Waals surface area contributed by atoms with E-state index in [1.165, 1.54) is 21.9 Å². The quantitative estimate of drug-likeness (QED) is 0.153. The Kier molecular flexibility index (Phi) is 9.43. The van der Waals surface area contributed by atoms with Crippen LogP contribution in [0.2, 0.25) is 0 Å². The molecule has 0 N–H and O–H groups in total. The second-order valence-electron chi connectivity index (χ2n) is 17.2. The van der Waals surface area contributed by atoms with Crippen molar-refractivity contribution in [3.05, 3.63) is 249 Å². The molecule has 0 bridgehead atoms. The van der Waals surface area contributed by atoms with Gasteiger partial charge in [0.15, 0.2) is 11.6 Å². The molecule has 5 heteroatoms. The van der Waals surface area contributed by atoms with Crippen molar-refractivity contribution in [2.75, 3.05) is 0 Å². The van der Waals surface area contributed by atoms with Crippen molar-refractivity contribution in [1.29, 1.82) is 0 Å². The first-order valence-electron chi connectivity index (χ1n) is 23.0. The van der Waals surface area contributed by atoms with E-state index in [-0.39, 0.29) is 0 Å². The van der Waals surface area contributed by atoms with Crippen molar-refractivity contribution in [3.63, 3.8) is 0 Å². The maximum absolute atomic E-state index is 5.35. The molecule has 0 atom stereocenters. The number of hydrogen-bond acceptors (Lipinski definition) is 3. The van der Waals surface area contributed by atoms with Crippen LogP contribution in [0.1, 0.15) is 0 Å². The predicted molar refractivity (Wildman–Crippen MR) is 281 cm³/mol. The zero-order valence-electron chi connectivity index (χ0n) is 36.9. The molecule has 0 saturated heterocycles. The molecule has 68 heavy (non-hydrogen) atoms. The van der Waals surface area contributed by atoms with Crippen LogP contribution in [-0.2, 0) is 0 Å². The molecule has 3 aromatic heterocycles. The van der Waals surface area contributed by atoms with E-state index in [1.807, 2.05) is 24.3 Å². The summed E-state index contributed by atoms with van der Waals surface area (Å²) in [5.41, 5.74) is 16.4. The van der Waals surface area contributed by atoms with Crippen molar-refractivity contribution in [3.8, 4) is 78.9 Å². The third kappa shape index (κ3) is 6.59. The van der Waals surface area contributed by atoms with Crippen LogP contribution in [0.4, 0.5) is 0 Å². The summed E-state index contributed by atoms with van der Waals surface area (Å²) in [5, 5.41) is 4.58. The third-order valence-electron chi connectivity index (χ3n) is 13.2. The van der Waals surface area contributed by atoms with Crippen LogP contribution in [0.5, 0.6) is 0 Å². The molecule has 0 saturated carbocycles. The Hall–Kier alpha value is -9.19. The largest absolute Gasteiger partial charge is 0.307 e. The van der Waals surface area contributed by atoms with Crippen LogP contribution in [0, 0.1) is 0 Å². The molecule has 0 aliphatic rings. The molecule has 0 radical (unpaired) electrons. The summed E-state index contributed by atoms with van der Waals surface area (Å²) in [4.78, 5) is 15.8. The van der Waals surface area contributed by atoms with Gasteiger partial charge in [-0.1, -0.05) is 224 Å². The van der Waals surface area contributed by atoms with Crippen molar-refractivity contribution >= 4 is 43.6 Å². The molecule has 3 heterocycles. The number of hydrogen-bond donors (Lipinski definition) is 0. The highest BCUT2D eigenvalue weighted by Gasteiger charge is 2.25. The van der Waals surface area contributed by atoms with Crippen molar-refractivity contribution in [1.82, 2.24) is 24.1 Å². The first kappa shape index (κ1) is 39.2. The molecule has 0 unspecified atom stereocenters. The van der Waals surface area contributed by atoms with Crippen LogP contribution in [-0.4, -0.2) is 24.1 Å². The maximum atomic E-state index is 5.35. The summed E-state index contributed by atoms with van der Waals surface area (Å²) in [6, 6.07) is 88.3. The third-order valence-corrected chi connectivity index (χ3v) is 13.2. The van der Waals surface area contributed by atoms with Crippen molar-refractivity contribution in [2.45, 2.75) is 0 Å². The van der Waals surface area contributed by atoms with Gasteiger partial charge in [0, 0.05) is 43.8 Å². The average molecular weight is 868 g/mol. The number of fused-ring (bicyclic) bond motifs is 7. The van der Waals surface area contributed by atoms with Gasteiger partial charge in [0.2, 0.25) is 5.95 Å². The normalized spacial score (nSPS) is 11.5. The summed E-state index contributed by atoms with van der Waals surface area (Å²) in [6.07, 6.45) is 0. The fourth-order valence-electron chi connectivity index (χ4n) is 10.1. The Morgan fingerprint density at radius 1 is 0.265 bits per heavy atom. The predicted octanol–water partition coefficient (Wildman–Crippen LogP) is 16.1. The lowest BCUT2D eigenvalue weighted by Gasteiger charge is -2.20. The standard InChI is InChI=1S/C63H41N5/c1-5-19-42(20-6-1)44-35-37-47(38-36-44)62-64-61(46-25-11-4-12-26-46)65-63(66-62)67-56-34-16-14-30-54(56)58-57(67)40-39-53-52-29-13-15-33-55(52)68(60(53)58)59-50(45-23-9-3-10-24-45)31-18-32-51(59)49-28-17-27-48(41-49)43-21-7-2-8-22-43/h1-41H. The average Bonchev–Trinajstić information content (AvgIpc) is 3.94. The number of nitrogens with zero attached hydrogens (tertiary/aromatic N) is 5. The Morgan fingerprint density at radius 3 is 1.38 bits per heavy atom. The summed E-state index contributed by atoms with van der Waals surface area (Å²) >= 11 is 0. The SMILES string of the molecule is c1ccc(-c2ccc(-c3nc(-c4ccccc4)nc(-n4c5ccccc5c5c4ccc4c6ccccc6n(-c6c(-c7ccccc7)cccc6-c6cccc(-c7ccccc7)c6)c45)n3)cc2)cc1. The minimum Gasteiger partial charge on any atom is -0.307 e. The molecule has 0 amide bonds. The first-order valence-corrected chi connectivity index (χ1v) is 23.0. The Balaban J connectivity index is 1.11. The second kappa shape index (κ2) is 16.4. The zero-order chi connectivity index (χ0) is 45.0. The van der Waals surface area contributed by atoms with Gasteiger partial charge in [-0.2, -0.15) is 9.97 Å². The number of aromatic nitrogens is 5. The molecule has 13 rings (SSSR count). The van der Waals surface area contributed by atoms with Crippen molar-refractivity contribution in [2.24, 2.45) is 0 Å². The van der Waals surface area contributed by atoms with Crippen LogP contribution in [0.25, 0.3) is 123 Å². The van der Waals surface area contributed by atoms with Gasteiger partial charge >= 0.3 is 0 Å². The van der Waals surface area contributed by atoms with E-state index in [9.17, 15) is 0 Å². The minimum absolute atomic E-state index is 0.553. The molecule has 0 spiro atoms. The fourth-order valence-corrected chi connectivity index (χ4v) is 10.1. The summed E-state index contributed by atoms with van der Waals surface area (Å²) in [6.45, 7) is 0. The van der Waals surface area contributed by atoms with Gasteiger partial charge in [-0.25, -0.2) is 4.98 Å². The molecule has 10 aromatic carbocycles. The fraction of sp³-hybridized carbons (Fsp3) is 0. The lowest BCUT2D eigenvalue weighted by atomic mass is 9.93. The second-order valence-corrected chi connectivity index (χ2v) is 17.2. The molecule has 0 aliphatic heterocycles.